The molecule has 0 N–H and O–H groups in total. The molecule has 0 spiro atoms. The lowest BCUT2D eigenvalue weighted by atomic mass is 10.3. The number of methoxy groups -OCH3 is 1. The van der Waals surface area contributed by atoms with Crippen LogP contribution in [0.1, 0.15) is 0 Å². The van der Waals surface area contributed by atoms with Gasteiger partial charge in [0, 0.05) is 0 Å². The second-order valence-corrected chi connectivity index (χ2v) is 4.66. The van der Waals surface area contributed by atoms with Gasteiger partial charge in [0.2, 0.25) is 0 Å². The maximum absolute atomic E-state index is 6.10. The highest BCUT2D eigenvalue weighted by Crippen LogP contribution is 2.39. The average Bonchev–Trinajstić information content (AvgIpc) is 2.44. The minimum Gasteiger partial charge on any atom is -0.497 e. The van der Waals surface area contributed by atoms with E-state index in [9.17, 15) is 0 Å². The van der Waals surface area contributed by atoms with Crippen LogP contribution < -0.4 is 9.47 Å². The van der Waals surface area contributed by atoms with Gasteiger partial charge in [-0.25, -0.2) is 0 Å². The predicted molar refractivity (Wildman–Crippen MR) is 79.9 cm³/mol. The predicted octanol–water partition coefficient (Wildman–Crippen LogP) is 6.03. The van der Waals surface area contributed by atoms with Crippen LogP contribution in [-0.2, 0) is 0 Å². The fraction of sp³-hybridized carbons (Fsp3) is 0.0769. The number of nitrogens with zero attached hydrogens (tertiary/aromatic N) is 2. The minimum absolute atomic E-state index is 0.312. The van der Waals surface area contributed by atoms with Crippen molar-refractivity contribution in [1.29, 1.82) is 0 Å². The smallest absolute Gasteiger partial charge is 0.164 e. The van der Waals surface area contributed by atoms with E-state index in [0.717, 1.165) is 5.75 Å². The zero-order valence-corrected chi connectivity index (χ0v) is 12.6. The molecule has 0 saturated heterocycles. The van der Waals surface area contributed by atoms with Crippen molar-refractivity contribution in [3.05, 3.63) is 46.4 Å². The van der Waals surface area contributed by atoms with Crippen LogP contribution in [-0.4, -0.2) is 7.11 Å². The molecule has 0 atom stereocenters. The molecule has 0 saturated carbocycles. The Balaban J connectivity index is 2.28. The van der Waals surface area contributed by atoms with Gasteiger partial charge in [-0.3, -0.25) is 0 Å². The van der Waals surface area contributed by atoms with Crippen molar-refractivity contribution in [2.75, 3.05) is 7.11 Å². The lowest BCUT2D eigenvalue weighted by Crippen LogP contribution is -1.88. The first-order chi connectivity index (χ1) is 9.63. The first-order valence-electron chi connectivity index (χ1n) is 5.47. The molecule has 2 aromatic carbocycles. The number of hydrogen-bond acceptors (Lipinski definition) is 4. The SMILES string of the molecule is COc1ccc(Oc2c(Cl)cc(N=NCl)cc2Cl)cc1. The quantitative estimate of drug-likeness (QED) is 0.642. The average molecular weight is 332 g/mol. The van der Waals surface area contributed by atoms with E-state index in [1.807, 2.05) is 0 Å². The molecule has 0 fully saturated rings. The van der Waals surface area contributed by atoms with Gasteiger partial charge in [0.1, 0.15) is 11.5 Å². The number of ether oxygens (including phenoxy) is 2. The van der Waals surface area contributed by atoms with E-state index in [-0.39, 0.29) is 0 Å². The fourth-order valence-electron chi connectivity index (χ4n) is 1.51. The summed E-state index contributed by atoms with van der Waals surface area (Å²) in [5.41, 5.74) is 0.442. The van der Waals surface area contributed by atoms with Crippen molar-refractivity contribution < 1.29 is 9.47 Å². The molecule has 104 valence electrons. The zero-order valence-electron chi connectivity index (χ0n) is 10.3. The molecule has 0 radical (unpaired) electrons. The van der Waals surface area contributed by atoms with Crippen molar-refractivity contribution >= 4 is 40.7 Å². The monoisotopic (exact) mass is 330 g/mol. The van der Waals surface area contributed by atoms with Gasteiger partial charge in [-0.2, -0.15) is 0 Å². The third kappa shape index (κ3) is 3.54. The summed E-state index contributed by atoms with van der Waals surface area (Å²) < 4.78 is 13.9. The summed E-state index contributed by atoms with van der Waals surface area (Å²) in [4.78, 5) is 0. The van der Waals surface area contributed by atoms with Crippen LogP contribution in [0.25, 0.3) is 0 Å². The molecule has 0 heterocycles. The number of hydrogen-bond donors (Lipinski definition) is 0. The summed E-state index contributed by atoms with van der Waals surface area (Å²) in [5, 5.41) is 4.27. The Morgan fingerprint density at radius 1 is 0.950 bits per heavy atom. The zero-order chi connectivity index (χ0) is 14.5. The van der Waals surface area contributed by atoms with Gasteiger partial charge >= 0.3 is 0 Å². The van der Waals surface area contributed by atoms with Gasteiger partial charge in [-0.05, 0) is 36.4 Å². The van der Waals surface area contributed by atoms with Gasteiger partial charge in [0.15, 0.2) is 5.75 Å². The summed E-state index contributed by atoms with van der Waals surface area (Å²) in [6.07, 6.45) is 0. The Hall–Kier alpha value is -1.49. The molecule has 0 aliphatic carbocycles. The van der Waals surface area contributed by atoms with Gasteiger partial charge in [-0.1, -0.05) is 27.8 Å². The van der Waals surface area contributed by atoms with E-state index in [2.05, 4.69) is 9.75 Å². The summed E-state index contributed by atoms with van der Waals surface area (Å²) in [5.74, 6) is 1.65. The van der Waals surface area contributed by atoms with Crippen molar-refractivity contribution in [1.82, 2.24) is 0 Å². The Bertz CT molecular complexity index is 607. The fourth-order valence-corrected chi connectivity index (χ4v) is 2.15. The van der Waals surface area contributed by atoms with E-state index in [1.54, 1.807) is 43.5 Å². The third-order valence-corrected chi connectivity index (χ3v) is 3.05. The minimum atomic E-state index is 0.312. The van der Waals surface area contributed by atoms with E-state index in [0.29, 0.717) is 27.2 Å². The Morgan fingerprint density at radius 3 is 2.00 bits per heavy atom. The van der Waals surface area contributed by atoms with Crippen LogP contribution in [0.5, 0.6) is 17.2 Å². The van der Waals surface area contributed by atoms with Crippen LogP contribution in [0.2, 0.25) is 10.0 Å². The first-order valence-corrected chi connectivity index (χ1v) is 6.56. The molecule has 4 nitrogen and oxygen atoms in total. The lowest BCUT2D eigenvalue weighted by Gasteiger charge is -2.10. The molecule has 2 rings (SSSR count). The second kappa shape index (κ2) is 6.79. The van der Waals surface area contributed by atoms with Crippen molar-refractivity contribution in [2.24, 2.45) is 9.75 Å². The van der Waals surface area contributed by atoms with Crippen LogP contribution in [0.15, 0.2) is 46.1 Å². The van der Waals surface area contributed by atoms with Gasteiger partial charge in [0.05, 0.1) is 34.6 Å². The van der Waals surface area contributed by atoms with Crippen LogP contribution in [0.4, 0.5) is 5.69 Å². The highest BCUT2D eigenvalue weighted by molar-refractivity contribution is 6.37. The lowest BCUT2D eigenvalue weighted by molar-refractivity contribution is 0.413. The molecule has 7 heteroatoms. The van der Waals surface area contributed by atoms with Gasteiger partial charge in [0.25, 0.3) is 0 Å². The van der Waals surface area contributed by atoms with Crippen molar-refractivity contribution in [3.8, 4) is 17.2 Å². The first kappa shape index (κ1) is 14.9. The highest BCUT2D eigenvalue weighted by Gasteiger charge is 2.11. The highest BCUT2D eigenvalue weighted by atomic mass is 35.5. The van der Waals surface area contributed by atoms with Crippen molar-refractivity contribution in [3.63, 3.8) is 0 Å². The molecule has 20 heavy (non-hydrogen) atoms. The van der Waals surface area contributed by atoms with E-state index >= 15 is 0 Å². The summed E-state index contributed by atoms with van der Waals surface area (Å²) in [6.45, 7) is 0. The number of benzene rings is 2. The second-order valence-electron chi connectivity index (χ2n) is 3.69. The Labute approximate surface area is 131 Å². The van der Waals surface area contributed by atoms with Crippen LogP contribution in [0, 0.1) is 0 Å². The number of halogens is 3. The van der Waals surface area contributed by atoms with Gasteiger partial charge < -0.3 is 9.47 Å². The molecular weight excluding hydrogens is 323 g/mol. The summed E-state index contributed by atoms with van der Waals surface area (Å²) in [7, 11) is 1.59. The number of rotatable bonds is 4. The van der Waals surface area contributed by atoms with E-state index < -0.39 is 0 Å². The molecule has 0 aromatic heterocycles. The normalized spacial score (nSPS) is 10.8. The maximum Gasteiger partial charge on any atom is 0.164 e. The Morgan fingerprint density at radius 2 is 1.50 bits per heavy atom. The molecule has 0 unspecified atom stereocenters. The maximum atomic E-state index is 6.10. The summed E-state index contributed by atoms with van der Waals surface area (Å²) in [6, 6.07) is 10.1. The molecule has 0 bridgehead atoms. The molecule has 2 aromatic rings. The van der Waals surface area contributed by atoms with Crippen LogP contribution in [0.3, 0.4) is 0 Å². The Kier molecular flexibility index (Phi) is 5.06. The molecule has 0 aliphatic heterocycles. The standard InChI is InChI=1S/C13H9Cl3N2O2/c1-19-9-2-4-10(5-3-9)20-13-11(14)6-8(17-18-16)7-12(13)15/h2-7H,1H3. The van der Waals surface area contributed by atoms with E-state index in [1.165, 1.54) is 0 Å². The molecular formula is C13H9Cl3N2O2. The molecule has 0 aliphatic rings. The largest absolute Gasteiger partial charge is 0.497 e. The van der Waals surface area contributed by atoms with E-state index in [4.69, 9.17) is 44.5 Å². The van der Waals surface area contributed by atoms with Gasteiger partial charge in [-0.15, -0.1) is 5.11 Å². The topological polar surface area (TPSA) is 43.2 Å². The molecule has 0 amide bonds. The summed E-state index contributed by atoms with van der Waals surface area (Å²) >= 11 is 17.4. The third-order valence-electron chi connectivity index (χ3n) is 2.42. The van der Waals surface area contributed by atoms with Crippen molar-refractivity contribution in [2.45, 2.75) is 0 Å². The van der Waals surface area contributed by atoms with Crippen LogP contribution >= 0.6 is 35.0 Å².